The van der Waals surface area contributed by atoms with Gasteiger partial charge in [-0.3, -0.25) is 0 Å². The van der Waals surface area contributed by atoms with Gasteiger partial charge in [0.15, 0.2) is 5.96 Å². The van der Waals surface area contributed by atoms with E-state index in [1.54, 1.807) is 17.6 Å². The normalized spacial score (nSPS) is 11.1. The number of nitrogens with one attached hydrogen (secondary N) is 2. The summed E-state index contributed by atoms with van der Waals surface area (Å²) in [4.78, 5) is 14.8. The van der Waals surface area contributed by atoms with Crippen molar-refractivity contribution in [2.24, 2.45) is 4.99 Å². The number of aliphatic imine (C=N–C) groups is 1. The van der Waals surface area contributed by atoms with E-state index in [0.717, 1.165) is 34.5 Å². The van der Waals surface area contributed by atoms with Crippen LogP contribution >= 0.6 is 35.3 Å². The molecule has 0 spiro atoms. The number of benzene rings is 1. The molecule has 0 unspecified atom stereocenters. The third kappa shape index (κ3) is 6.03. The fourth-order valence-electron chi connectivity index (χ4n) is 2.50. The number of halogens is 1. The number of hydrogen-bond acceptors (Lipinski definition) is 5. The Morgan fingerprint density at radius 3 is 2.59 bits per heavy atom. The monoisotopic (exact) mass is 497 g/mol. The molecule has 8 heteroatoms. The molecule has 0 aliphatic carbocycles. The van der Waals surface area contributed by atoms with E-state index in [9.17, 15) is 0 Å². The first-order valence-electron chi connectivity index (χ1n) is 8.60. The molecular formula is C19H24IN5OS. The maximum Gasteiger partial charge on any atom is 0.226 e. The van der Waals surface area contributed by atoms with Crippen LogP contribution in [0.15, 0.2) is 46.0 Å². The quantitative estimate of drug-likeness (QED) is 0.302. The van der Waals surface area contributed by atoms with E-state index in [0.29, 0.717) is 19.0 Å². The molecule has 3 aromatic rings. The van der Waals surface area contributed by atoms with Gasteiger partial charge in [-0.1, -0.05) is 18.2 Å². The van der Waals surface area contributed by atoms with Gasteiger partial charge in [0.05, 0.1) is 23.8 Å². The molecule has 2 N–H and O–H groups in total. The number of aryl methyl sites for hydroxylation is 2. The first-order chi connectivity index (χ1) is 12.7. The minimum atomic E-state index is 0. The fraction of sp³-hybridized carbons (Fsp3) is 0.316. The lowest BCUT2D eigenvalue weighted by Crippen LogP contribution is -2.36. The van der Waals surface area contributed by atoms with Crippen molar-refractivity contribution in [3.8, 4) is 11.5 Å². The van der Waals surface area contributed by atoms with Crippen molar-refractivity contribution in [3.63, 3.8) is 0 Å². The molecule has 27 heavy (non-hydrogen) atoms. The standard InChI is InChI=1S/C19H23N5OS.HI/c1-4-20-19(22-11-17-13(2)23-14(3)26-17)21-10-16-12-25-18(24-16)15-8-6-5-7-9-15;/h5-9,12H,4,10-11H2,1-3H3,(H2,20,21,22);1H. The Morgan fingerprint density at radius 1 is 1.15 bits per heavy atom. The Bertz CT molecular complexity index is 875. The number of thiazole rings is 1. The molecule has 0 aliphatic rings. The second-order valence-corrected chi connectivity index (χ2v) is 7.09. The van der Waals surface area contributed by atoms with Crippen molar-refractivity contribution in [2.75, 3.05) is 6.54 Å². The third-order valence-corrected chi connectivity index (χ3v) is 4.80. The van der Waals surface area contributed by atoms with Crippen molar-refractivity contribution in [2.45, 2.75) is 33.9 Å². The molecule has 0 saturated heterocycles. The van der Waals surface area contributed by atoms with Gasteiger partial charge in [0.25, 0.3) is 0 Å². The minimum Gasteiger partial charge on any atom is -0.444 e. The van der Waals surface area contributed by atoms with Crippen molar-refractivity contribution < 1.29 is 4.42 Å². The zero-order chi connectivity index (χ0) is 18.4. The lowest BCUT2D eigenvalue weighted by atomic mass is 10.2. The van der Waals surface area contributed by atoms with E-state index in [1.165, 1.54) is 4.88 Å². The molecule has 0 bridgehead atoms. The Hall–Kier alpha value is -1.94. The molecule has 6 nitrogen and oxygen atoms in total. The van der Waals surface area contributed by atoms with Crippen LogP contribution in [0.5, 0.6) is 0 Å². The molecule has 0 fully saturated rings. The highest BCUT2D eigenvalue weighted by molar-refractivity contribution is 14.0. The molecule has 0 atom stereocenters. The van der Waals surface area contributed by atoms with Crippen LogP contribution < -0.4 is 10.6 Å². The lowest BCUT2D eigenvalue weighted by Gasteiger charge is -2.10. The number of rotatable bonds is 6. The summed E-state index contributed by atoms with van der Waals surface area (Å²) in [5.41, 5.74) is 2.83. The summed E-state index contributed by atoms with van der Waals surface area (Å²) in [6.07, 6.45) is 1.66. The van der Waals surface area contributed by atoms with Crippen molar-refractivity contribution >= 4 is 41.3 Å². The molecule has 144 valence electrons. The summed E-state index contributed by atoms with van der Waals surface area (Å²) >= 11 is 1.71. The minimum absolute atomic E-state index is 0. The van der Waals surface area contributed by atoms with Crippen LogP contribution in [0, 0.1) is 13.8 Å². The zero-order valence-corrected chi connectivity index (χ0v) is 18.8. The first-order valence-corrected chi connectivity index (χ1v) is 9.42. The Morgan fingerprint density at radius 2 is 1.93 bits per heavy atom. The van der Waals surface area contributed by atoms with Crippen LogP contribution in [0.3, 0.4) is 0 Å². The highest BCUT2D eigenvalue weighted by Crippen LogP contribution is 2.18. The van der Waals surface area contributed by atoms with E-state index < -0.39 is 0 Å². The molecule has 2 heterocycles. The summed E-state index contributed by atoms with van der Waals surface area (Å²) in [6, 6.07) is 9.85. The molecule has 0 saturated carbocycles. The molecular weight excluding hydrogens is 473 g/mol. The zero-order valence-electron chi connectivity index (χ0n) is 15.7. The SMILES string of the molecule is CCNC(=NCc1coc(-c2ccccc2)n1)NCc1sc(C)nc1C.I. The summed E-state index contributed by atoms with van der Waals surface area (Å²) in [6.45, 7) is 8.05. The van der Waals surface area contributed by atoms with E-state index >= 15 is 0 Å². The van der Waals surface area contributed by atoms with Crippen molar-refractivity contribution in [1.29, 1.82) is 0 Å². The summed E-state index contributed by atoms with van der Waals surface area (Å²) < 4.78 is 5.56. The number of nitrogens with zero attached hydrogens (tertiary/aromatic N) is 3. The predicted molar refractivity (Wildman–Crippen MR) is 121 cm³/mol. The van der Waals surface area contributed by atoms with E-state index in [2.05, 4.69) is 25.6 Å². The first kappa shape index (κ1) is 21.4. The summed E-state index contributed by atoms with van der Waals surface area (Å²) in [5.74, 6) is 1.37. The molecule has 1 aromatic carbocycles. The van der Waals surface area contributed by atoms with Gasteiger partial charge in [0.1, 0.15) is 12.0 Å². The number of aromatic nitrogens is 2. The molecule has 0 amide bonds. The van der Waals surface area contributed by atoms with Gasteiger partial charge in [0.2, 0.25) is 5.89 Å². The maximum absolute atomic E-state index is 5.56. The Labute approximate surface area is 180 Å². The van der Waals surface area contributed by atoms with Gasteiger partial charge >= 0.3 is 0 Å². The second-order valence-electron chi connectivity index (χ2n) is 5.80. The van der Waals surface area contributed by atoms with Crippen molar-refractivity contribution in [1.82, 2.24) is 20.6 Å². The van der Waals surface area contributed by atoms with Crippen LogP contribution in [0.25, 0.3) is 11.5 Å². The van der Waals surface area contributed by atoms with Gasteiger partial charge < -0.3 is 15.1 Å². The molecule has 2 aromatic heterocycles. The third-order valence-electron chi connectivity index (χ3n) is 3.73. The molecule has 0 aliphatic heterocycles. The van der Waals surface area contributed by atoms with E-state index in [1.807, 2.05) is 51.1 Å². The summed E-state index contributed by atoms with van der Waals surface area (Å²) in [7, 11) is 0. The topological polar surface area (TPSA) is 75.3 Å². The lowest BCUT2D eigenvalue weighted by molar-refractivity contribution is 0.572. The number of oxazole rings is 1. The van der Waals surface area contributed by atoms with Gasteiger partial charge in [-0.25, -0.2) is 15.0 Å². The fourth-order valence-corrected chi connectivity index (χ4v) is 3.37. The van der Waals surface area contributed by atoms with Crippen molar-refractivity contribution in [3.05, 3.63) is 57.9 Å². The van der Waals surface area contributed by atoms with Crippen LogP contribution in [-0.4, -0.2) is 22.5 Å². The Balaban J connectivity index is 0.00000261. The average molecular weight is 497 g/mol. The van der Waals surface area contributed by atoms with Crippen LogP contribution in [0.4, 0.5) is 0 Å². The van der Waals surface area contributed by atoms with Gasteiger partial charge in [-0.05, 0) is 32.9 Å². The van der Waals surface area contributed by atoms with Gasteiger partial charge in [-0.15, -0.1) is 35.3 Å². The van der Waals surface area contributed by atoms with Crippen LogP contribution in [0.2, 0.25) is 0 Å². The van der Waals surface area contributed by atoms with E-state index in [4.69, 9.17) is 4.42 Å². The smallest absolute Gasteiger partial charge is 0.226 e. The molecule has 3 rings (SSSR count). The number of hydrogen-bond donors (Lipinski definition) is 2. The van der Waals surface area contributed by atoms with Crippen LogP contribution in [0.1, 0.15) is 28.2 Å². The van der Waals surface area contributed by atoms with Gasteiger partial charge in [-0.2, -0.15) is 0 Å². The molecule has 0 radical (unpaired) electrons. The van der Waals surface area contributed by atoms with Crippen LogP contribution in [-0.2, 0) is 13.1 Å². The number of guanidine groups is 1. The Kier molecular flexibility index (Phi) is 8.23. The van der Waals surface area contributed by atoms with E-state index in [-0.39, 0.29) is 24.0 Å². The second kappa shape index (κ2) is 10.4. The average Bonchev–Trinajstić information content (AvgIpc) is 3.24. The highest BCUT2D eigenvalue weighted by Gasteiger charge is 2.08. The maximum atomic E-state index is 5.56. The summed E-state index contributed by atoms with van der Waals surface area (Å²) in [5, 5.41) is 7.68. The predicted octanol–water partition coefficient (Wildman–Crippen LogP) is 4.29. The highest BCUT2D eigenvalue weighted by atomic mass is 127. The largest absolute Gasteiger partial charge is 0.444 e. The van der Waals surface area contributed by atoms with Gasteiger partial charge in [0, 0.05) is 17.0 Å².